The minimum absolute atomic E-state index is 0.209. The Bertz CT molecular complexity index is 829. The quantitative estimate of drug-likeness (QED) is 0.656. The molecule has 3 N–H and O–H groups in total. The molecule has 7 heteroatoms. The zero-order chi connectivity index (χ0) is 17.1. The summed E-state index contributed by atoms with van der Waals surface area (Å²) in [5.41, 5.74) is 1.64. The molecule has 2 unspecified atom stereocenters. The maximum atomic E-state index is 12.1. The monoisotopic (exact) mass is 345 g/mol. The summed E-state index contributed by atoms with van der Waals surface area (Å²) in [4.78, 5) is 16.5. The first-order valence-electron chi connectivity index (χ1n) is 7.67. The number of nitrogens with one attached hydrogen (secondary N) is 2. The van der Waals surface area contributed by atoms with Gasteiger partial charge in [0.25, 0.3) is 0 Å². The van der Waals surface area contributed by atoms with Crippen LogP contribution in [0.25, 0.3) is 10.2 Å². The van der Waals surface area contributed by atoms with Gasteiger partial charge in [0, 0.05) is 18.2 Å². The molecule has 2 heterocycles. The van der Waals surface area contributed by atoms with Crippen LogP contribution in [0.4, 0.5) is 10.5 Å². The minimum atomic E-state index is -0.744. The highest BCUT2D eigenvalue weighted by Crippen LogP contribution is 2.24. The van der Waals surface area contributed by atoms with Gasteiger partial charge in [0.05, 0.1) is 21.5 Å². The summed E-state index contributed by atoms with van der Waals surface area (Å²) in [7, 11) is 0. The van der Waals surface area contributed by atoms with E-state index < -0.39 is 6.10 Å². The predicted octanol–water partition coefficient (Wildman–Crippen LogP) is 3.83. The lowest BCUT2D eigenvalue weighted by molar-refractivity contribution is 0.130. The number of aryl methyl sites for hydroxylation is 1. The Hall–Kier alpha value is -2.38. The lowest BCUT2D eigenvalue weighted by atomic mass is 10.1. The first kappa shape index (κ1) is 16.5. The van der Waals surface area contributed by atoms with E-state index in [0.717, 1.165) is 15.2 Å². The number of aliphatic hydroxyl groups excluding tert-OH is 1. The highest BCUT2D eigenvalue weighted by atomic mass is 32.1. The average Bonchev–Trinajstić information content (AvgIpc) is 3.14. The Balaban J connectivity index is 1.55. The van der Waals surface area contributed by atoms with Crippen LogP contribution in [-0.2, 0) is 0 Å². The fraction of sp³-hybridized carbons (Fsp3) is 0.294. The Labute approximate surface area is 143 Å². The van der Waals surface area contributed by atoms with Crippen LogP contribution < -0.4 is 10.6 Å². The number of nitrogens with zero attached hydrogens (tertiary/aromatic N) is 1. The SMILES string of the molecule is Cc1nc2ccc(NC(=O)NC(C)CC(O)c3ccco3)cc2s1. The van der Waals surface area contributed by atoms with Crippen LogP contribution in [0, 0.1) is 6.92 Å². The number of carbonyl (C=O) groups is 1. The molecule has 2 aromatic heterocycles. The van der Waals surface area contributed by atoms with E-state index in [2.05, 4.69) is 15.6 Å². The first-order valence-corrected chi connectivity index (χ1v) is 8.49. The van der Waals surface area contributed by atoms with Crippen molar-refractivity contribution in [1.29, 1.82) is 0 Å². The number of amides is 2. The van der Waals surface area contributed by atoms with Gasteiger partial charge < -0.3 is 20.2 Å². The van der Waals surface area contributed by atoms with E-state index in [0.29, 0.717) is 17.9 Å². The third-order valence-electron chi connectivity index (χ3n) is 3.58. The molecule has 0 radical (unpaired) electrons. The van der Waals surface area contributed by atoms with Crippen molar-refractivity contribution in [3.05, 3.63) is 47.4 Å². The van der Waals surface area contributed by atoms with Crippen molar-refractivity contribution in [3.63, 3.8) is 0 Å². The number of thiazole rings is 1. The van der Waals surface area contributed by atoms with Crippen molar-refractivity contribution < 1.29 is 14.3 Å². The molecule has 24 heavy (non-hydrogen) atoms. The van der Waals surface area contributed by atoms with Crippen molar-refractivity contribution >= 4 is 33.3 Å². The zero-order valence-electron chi connectivity index (χ0n) is 13.4. The minimum Gasteiger partial charge on any atom is -0.467 e. The fourth-order valence-corrected chi connectivity index (χ4v) is 3.37. The molecule has 0 saturated heterocycles. The van der Waals surface area contributed by atoms with Crippen molar-refractivity contribution in [2.75, 3.05) is 5.32 Å². The number of hydrogen-bond acceptors (Lipinski definition) is 5. The topological polar surface area (TPSA) is 87.4 Å². The van der Waals surface area contributed by atoms with Crippen LogP contribution in [0.15, 0.2) is 41.0 Å². The van der Waals surface area contributed by atoms with Gasteiger partial charge in [0.2, 0.25) is 0 Å². The van der Waals surface area contributed by atoms with Crippen LogP contribution in [-0.4, -0.2) is 22.2 Å². The van der Waals surface area contributed by atoms with Crippen molar-refractivity contribution in [2.24, 2.45) is 0 Å². The summed E-state index contributed by atoms with van der Waals surface area (Å²) in [5.74, 6) is 0.495. The molecule has 0 fully saturated rings. The molecule has 0 saturated carbocycles. The first-order chi connectivity index (χ1) is 11.5. The average molecular weight is 345 g/mol. The smallest absolute Gasteiger partial charge is 0.319 e. The highest BCUT2D eigenvalue weighted by Gasteiger charge is 2.16. The van der Waals surface area contributed by atoms with Crippen molar-refractivity contribution in [3.8, 4) is 0 Å². The summed E-state index contributed by atoms with van der Waals surface area (Å²) in [6, 6.07) is 8.53. The van der Waals surface area contributed by atoms with E-state index in [1.165, 1.54) is 6.26 Å². The van der Waals surface area contributed by atoms with E-state index in [-0.39, 0.29) is 12.1 Å². The lowest BCUT2D eigenvalue weighted by Gasteiger charge is -2.17. The Morgan fingerprint density at radius 3 is 3.00 bits per heavy atom. The van der Waals surface area contributed by atoms with E-state index in [1.54, 1.807) is 23.5 Å². The number of carbonyl (C=O) groups excluding carboxylic acids is 1. The van der Waals surface area contributed by atoms with E-state index in [1.807, 2.05) is 32.0 Å². The summed E-state index contributed by atoms with van der Waals surface area (Å²) in [6.45, 7) is 3.79. The molecule has 1 aromatic carbocycles. The van der Waals surface area contributed by atoms with Gasteiger partial charge in [-0.3, -0.25) is 0 Å². The van der Waals surface area contributed by atoms with Gasteiger partial charge in [-0.05, 0) is 44.2 Å². The molecule has 6 nitrogen and oxygen atoms in total. The molecule has 0 aliphatic carbocycles. The van der Waals surface area contributed by atoms with E-state index in [4.69, 9.17) is 4.42 Å². The number of furan rings is 1. The van der Waals surface area contributed by atoms with Gasteiger partial charge >= 0.3 is 6.03 Å². The number of rotatable bonds is 5. The van der Waals surface area contributed by atoms with Crippen molar-refractivity contribution in [2.45, 2.75) is 32.4 Å². The van der Waals surface area contributed by atoms with Crippen LogP contribution in [0.2, 0.25) is 0 Å². The molecule has 2 amide bonds. The summed E-state index contributed by atoms with van der Waals surface area (Å²) in [6.07, 6.45) is 1.14. The number of aromatic nitrogens is 1. The Morgan fingerprint density at radius 1 is 1.42 bits per heavy atom. The molecule has 3 rings (SSSR count). The molecular weight excluding hydrogens is 326 g/mol. The number of fused-ring (bicyclic) bond motifs is 1. The molecule has 0 aliphatic heterocycles. The molecule has 0 spiro atoms. The molecule has 126 valence electrons. The summed E-state index contributed by atoms with van der Waals surface area (Å²) < 4.78 is 6.19. The molecular formula is C17H19N3O3S. The summed E-state index contributed by atoms with van der Waals surface area (Å²) in [5, 5.41) is 16.6. The third kappa shape index (κ3) is 3.93. The van der Waals surface area contributed by atoms with Gasteiger partial charge in [-0.2, -0.15) is 0 Å². The maximum absolute atomic E-state index is 12.1. The fourth-order valence-electron chi connectivity index (χ4n) is 2.50. The van der Waals surface area contributed by atoms with Gasteiger partial charge in [-0.15, -0.1) is 11.3 Å². The van der Waals surface area contributed by atoms with E-state index >= 15 is 0 Å². The van der Waals surface area contributed by atoms with Gasteiger partial charge in [-0.1, -0.05) is 0 Å². The number of benzene rings is 1. The number of aliphatic hydroxyl groups is 1. The predicted molar refractivity (Wildman–Crippen MR) is 94.3 cm³/mol. The molecule has 0 bridgehead atoms. The molecule has 0 aliphatic rings. The van der Waals surface area contributed by atoms with Crippen LogP contribution >= 0.6 is 11.3 Å². The van der Waals surface area contributed by atoms with Crippen molar-refractivity contribution in [1.82, 2.24) is 10.3 Å². The second-order valence-corrected chi connectivity index (χ2v) is 6.92. The van der Waals surface area contributed by atoms with Crippen LogP contribution in [0.3, 0.4) is 0 Å². The Morgan fingerprint density at radius 2 is 2.25 bits per heavy atom. The molecule has 3 aromatic rings. The van der Waals surface area contributed by atoms with Gasteiger partial charge in [-0.25, -0.2) is 9.78 Å². The van der Waals surface area contributed by atoms with Crippen LogP contribution in [0.1, 0.15) is 30.2 Å². The van der Waals surface area contributed by atoms with Crippen LogP contribution in [0.5, 0.6) is 0 Å². The lowest BCUT2D eigenvalue weighted by Crippen LogP contribution is -2.37. The standard InChI is InChI=1S/C17H19N3O3S/c1-10(8-14(21)15-4-3-7-23-15)18-17(22)20-12-5-6-13-16(9-12)24-11(2)19-13/h3-7,9-10,14,21H,8H2,1-2H3,(H2,18,20,22). The number of anilines is 1. The largest absolute Gasteiger partial charge is 0.467 e. The maximum Gasteiger partial charge on any atom is 0.319 e. The van der Waals surface area contributed by atoms with E-state index in [9.17, 15) is 9.90 Å². The highest BCUT2D eigenvalue weighted by molar-refractivity contribution is 7.18. The zero-order valence-corrected chi connectivity index (χ0v) is 14.3. The summed E-state index contributed by atoms with van der Waals surface area (Å²) >= 11 is 1.59. The second kappa shape index (κ2) is 7.02. The number of urea groups is 1. The van der Waals surface area contributed by atoms with Gasteiger partial charge in [0.1, 0.15) is 11.9 Å². The Kier molecular flexibility index (Phi) is 4.82. The molecule has 2 atom stereocenters. The van der Waals surface area contributed by atoms with Gasteiger partial charge in [0.15, 0.2) is 0 Å². The number of hydrogen-bond donors (Lipinski definition) is 3. The normalized spacial score (nSPS) is 13.6. The second-order valence-electron chi connectivity index (χ2n) is 5.68. The third-order valence-corrected chi connectivity index (χ3v) is 4.51.